The highest BCUT2D eigenvalue weighted by molar-refractivity contribution is 5.16. The molecule has 5 nitrogen and oxygen atoms in total. The highest BCUT2D eigenvalue weighted by Crippen LogP contribution is 2.13. The van der Waals surface area contributed by atoms with Gasteiger partial charge in [0.2, 0.25) is 0 Å². The molecule has 0 saturated heterocycles. The maximum Gasteiger partial charge on any atom is 0.0983 e. The second-order valence-electron chi connectivity index (χ2n) is 4.03. The molecular formula is C11H19N3O2. The summed E-state index contributed by atoms with van der Waals surface area (Å²) in [6.07, 6.45) is 3.04. The van der Waals surface area contributed by atoms with Gasteiger partial charge in [-0.25, -0.2) is 4.98 Å². The van der Waals surface area contributed by atoms with Gasteiger partial charge in [-0.2, -0.15) is 0 Å². The van der Waals surface area contributed by atoms with E-state index < -0.39 is 0 Å². The molecular weight excluding hydrogens is 206 g/mol. The SMILES string of the molecule is COCC(Cn1cnc2c1CCNC2)OC. The Labute approximate surface area is 95.8 Å². The van der Waals surface area contributed by atoms with Crippen LogP contribution in [0.1, 0.15) is 11.4 Å². The number of aromatic nitrogens is 2. The van der Waals surface area contributed by atoms with Crippen molar-refractivity contribution in [3.8, 4) is 0 Å². The second-order valence-corrected chi connectivity index (χ2v) is 4.03. The minimum atomic E-state index is 0.0955. The lowest BCUT2D eigenvalue weighted by molar-refractivity contribution is 0.0179. The first kappa shape index (κ1) is 11.6. The Hall–Kier alpha value is -0.910. The minimum Gasteiger partial charge on any atom is -0.382 e. The van der Waals surface area contributed by atoms with Gasteiger partial charge in [-0.3, -0.25) is 0 Å². The number of rotatable bonds is 5. The van der Waals surface area contributed by atoms with Crippen molar-refractivity contribution in [2.24, 2.45) is 0 Å². The van der Waals surface area contributed by atoms with E-state index in [4.69, 9.17) is 9.47 Å². The molecule has 0 fully saturated rings. The molecule has 2 heterocycles. The van der Waals surface area contributed by atoms with Crippen LogP contribution in [0.5, 0.6) is 0 Å². The third-order valence-corrected chi connectivity index (χ3v) is 2.95. The molecule has 1 atom stereocenters. The molecule has 1 aliphatic heterocycles. The monoisotopic (exact) mass is 225 g/mol. The van der Waals surface area contributed by atoms with E-state index in [9.17, 15) is 0 Å². The fourth-order valence-corrected chi connectivity index (χ4v) is 2.06. The summed E-state index contributed by atoms with van der Waals surface area (Å²) in [7, 11) is 3.41. The standard InChI is InChI=1S/C11H19N3O2/c1-15-7-9(16-2)6-14-8-13-10-5-12-4-3-11(10)14/h8-9,12H,3-7H2,1-2H3. The molecule has 1 aliphatic rings. The van der Waals surface area contributed by atoms with Gasteiger partial charge in [-0.1, -0.05) is 0 Å². The normalized spacial score (nSPS) is 17.1. The first-order chi connectivity index (χ1) is 7.85. The number of nitrogens with zero attached hydrogens (tertiary/aromatic N) is 2. The van der Waals surface area contributed by atoms with E-state index in [1.807, 2.05) is 6.33 Å². The largest absolute Gasteiger partial charge is 0.382 e. The van der Waals surface area contributed by atoms with Gasteiger partial charge in [0, 0.05) is 39.4 Å². The number of fused-ring (bicyclic) bond motifs is 1. The molecule has 0 spiro atoms. The molecule has 0 aliphatic carbocycles. The van der Waals surface area contributed by atoms with Crippen LogP contribution in [-0.2, 0) is 29.0 Å². The zero-order valence-electron chi connectivity index (χ0n) is 9.90. The topological polar surface area (TPSA) is 48.3 Å². The molecule has 16 heavy (non-hydrogen) atoms. The second kappa shape index (κ2) is 5.43. The highest BCUT2D eigenvalue weighted by atomic mass is 16.5. The fraction of sp³-hybridized carbons (Fsp3) is 0.727. The molecule has 0 radical (unpaired) electrons. The Morgan fingerprint density at radius 2 is 2.44 bits per heavy atom. The first-order valence-electron chi connectivity index (χ1n) is 5.60. The van der Waals surface area contributed by atoms with Crippen LogP contribution < -0.4 is 5.32 Å². The molecule has 90 valence electrons. The molecule has 1 unspecified atom stereocenters. The summed E-state index contributed by atoms with van der Waals surface area (Å²) < 4.78 is 12.7. The van der Waals surface area contributed by atoms with Crippen molar-refractivity contribution >= 4 is 0 Å². The van der Waals surface area contributed by atoms with Gasteiger partial charge in [0.1, 0.15) is 0 Å². The van der Waals surface area contributed by atoms with Crippen LogP contribution in [0.3, 0.4) is 0 Å². The molecule has 0 aromatic carbocycles. The van der Waals surface area contributed by atoms with Gasteiger partial charge >= 0.3 is 0 Å². The molecule has 1 aromatic rings. The number of imidazole rings is 1. The molecule has 5 heteroatoms. The van der Waals surface area contributed by atoms with E-state index in [2.05, 4.69) is 14.9 Å². The van der Waals surface area contributed by atoms with Crippen molar-refractivity contribution in [3.63, 3.8) is 0 Å². The first-order valence-corrected chi connectivity index (χ1v) is 5.60. The Kier molecular flexibility index (Phi) is 3.93. The van der Waals surface area contributed by atoms with Gasteiger partial charge in [0.25, 0.3) is 0 Å². The van der Waals surface area contributed by atoms with Gasteiger partial charge in [0.15, 0.2) is 0 Å². The Balaban J connectivity index is 2.05. The zero-order chi connectivity index (χ0) is 11.4. The van der Waals surface area contributed by atoms with Crippen LogP contribution in [0, 0.1) is 0 Å². The van der Waals surface area contributed by atoms with Crippen LogP contribution in [-0.4, -0.2) is 43.0 Å². The molecule has 1 aromatic heterocycles. The maximum atomic E-state index is 5.37. The van der Waals surface area contributed by atoms with Gasteiger partial charge in [0.05, 0.1) is 31.3 Å². The van der Waals surface area contributed by atoms with Crippen LogP contribution in [0.4, 0.5) is 0 Å². The van der Waals surface area contributed by atoms with Crippen molar-refractivity contribution in [2.45, 2.75) is 25.6 Å². The van der Waals surface area contributed by atoms with Crippen LogP contribution >= 0.6 is 0 Å². The van der Waals surface area contributed by atoms with Crippen molar-refractivity contribution in [1.29, 1.82) is 0 Å². The van der Waals surface area contributed by atoms with E-state index in [1.54, 1.807) is 14.2 Å². The average molecular weight is 225 g/mol. The molecule has 0 bridgehead atoms. The average Bonchev–Trinajstić information content (AvgIpc) is 2.72. The summed E-state index contributed by atoms with van der Waals surface area (Å²) >= 11 is 0. The fourth-order valence-electron chi connectivity index (χ4n) is 2.06. The summed E-state index contributed by atoms with van der Waals surface area (Å²) in [5, 5.41) is 3.31. The Morgan fingerprint density at radius 1 is 1.56 bits per heavy atom. The zero-order valence-corrected chi connectivity index (χ0v) is 9.90. The summed E-state index contributed by atoms with van der Waals surface area (Å²) in [4.78, 5) is 4.41. The molecule has 0 saturated carbocycles. The third kappa shape index (κ3) is 2.42. The third-order valence-electron chi connectivity index (χ3n) is 2.95. The number of ether oxygens (including phenoxy) is 2. The lowest BCUT2D eigenvalue weighted by Crippen LogP contribution is -2.28. The number of methoxy groups -OCH3 is 2. The van der Waals surface area contributed by atoms with Crippen LogP contribution in [0.25, 0.3) is 0 Å². The van der Waals surface area contributed by atoms with Crippen molar-refractivity contribution < 1.29 is 9.47 Å². The number of hydrogen-bond acceptors (Lipinski definition) is 4. The quantitative estimate of drug-likeness (QED) is 0.777. The van der Waals surface area contributed by atoms with Crippen LogP contribution in [0.15, 0.2) is 6.33 Å². The van der Waals surface area contributed by atoms with Crippen LogP contribution in [0.2, 0.25) is 0 Å². The minimum absolute atomic E-state index is 0.0955. The number of hydrogen-bond donors (Lipinski definition) is 1. The summed E-state index contributed by atoms with van der Waals surface area (Å²) in [6, 6.07) is 0. The van der Waals surface area contributed by atoms with E-state index in [0.29, 0.717) is 6.61 Å². The molecule has 1 N–H and O–H groups in total. The number of nitrogens with one attached hydrogen (secondary N) is 1. The van der Waals surface area contributed by atoms with E-state index in [-0.39, 0.29) is 6.10 Å². The molecule has 2 rings (SSSR count). The lowest BCUT2D eigenvalue weighted by Gasteiger charge is -2.19. The predicted octanol–water partition coefficient (Wildman–Crippen LogP) is 0.190. The summed E-state index contributed by atoms with van der Waals surface area (Å²) in [5.74, 6) is 0. The lowest BCUT2D eigenvalue weighted by atomic mass is 10.2. The van der Waals surface area contributed by atoms with E-state index >= 15 is 0 Å². The maximum absolute atomic E-state index is 5.37. The Bertz CT molecular complexity index is 338. The van der Waals surface area contributed by atoms with Gasteiger partial charge < -0.3 is 19.4 Å². The Morgan fingerprint density at radius 3 is 3.19 bits per heavy atom. The van der Waals surface area contributed by atoms with E-state index in [1.165, 1.54) is 11.4 Å². The van der Waals surface area contributed by atoms with Crippen molar-refractivity contribution in [2.75, 3.05) is 27.4 Å². The van der Waals surface area contributed by atoms with E-state index in [0.717, 1.165) is 26.1 Å². The summed E-state index contributed by atoms with van der Waals surface area (Å²) in [5.41, 5.74) is 2.50. The van der Waals surface area contributed by atoms with Crippen molar-refractivity contribution in [1.82, 2.24) is 14.9 Å². The van der Waals surface area contributed by atoms with Gasteiger partial charge in [-0.05, 0) is 0 Å². The van der Waals surface area contributed by atoms with Crippen molar-refractivity contribution in [3.05, 3.63) is 17.7 Å². The molecule has 0 amide bonds. The highest BCUT2D eigenvalue weighted by Gasteiger charge is 2.17. The smallest absolute Gasteiger partial charge is 0.0983 e. The van der Waals surface area contributed by atoms with Gasteiger partial charge in [-0.15, -0.1) is 0 Å². The predicted molar refractivity (Wildman–Crippen MR) is 60.3 cm³/mol. The summed E-state index contributed by atoms with van der Waals surface area (Å²) in [6.45, 7) is 3.33.